The molecular formula is C13H19ClN2O3. The van der Waals surface area contributed by atoms with E-state index in [1.165, 1.54) is 0 Å². The standard InChI is InChI=1S/C13H19ClN2O3/c1-3-4-9(17)8-15-13(18)16-12-6-5-10(19-2)7-11(12)14/h5-7,9,17H,3-4,8H2,1-2H3,(H2,15,16,18). The van der Waals surface area contributed by atoms with Gasteiger partial charge in [-0.15, -0.1) is 0 Å². The number of hydrogen-bond donors (Lipinski definition) is 3. The van der Waals surface area contributed by atoms with Gasteiger partial charge in [-0.1, -0.05) is 24.9 Å². The summed E-state index contributed by atoms with van der Waals surface area (Å²) in [6, 6.07) is 4.57. The van der Waals surface area contributed by atoms with Crippen molar-refractivity contribution in [1.29, 1.82) is 0 Å². The summed E-state index contributed by atoms with van der Waals surface area (Å²) in [4.78, 5) is 11.6. The topological polar surface area (TPSA) is 70.6 Å². The first kappa shape index (κ1) is 15.6. The van der Waals surface area contributed by atoms with Crippen molar-refractivity contribution in [2.75, 3.05) is 19.0 Å². The van der Waals surface area contributed by atoms with E-state index in [0.717, 1.165) is 6.42 Å². The number of benzene rings is 1. The second-order valence-corrected chi connectivity index (χ2v) is 4.53. The van der Waals surface area contributed by atoms with Crippen molar-refractivity contribution in [3.63, 3.8) is 0 Å². The van der Waals surface area contributed by atoms with Crippen molar-refractivity contribution in [3.05, 3.63) is 23.2 Å². The van der Waals surface area contributed by atoms with Crippen LogP contribution in [0.25, 0.3) is 0 Å². The first-order valence-corrected chi connectivity index (χ1v) is 6.51. The predicted octanol–water partition coefficient (Wildman–Crippen LogP) is 2.63. The third-order valence-electron chi connectivity index (χ3n) is 2.54. The van der Waals surface area contributed by atoms with Crippen LogP contribution in [0.1, 0.15) is 19.8 Å². The lowest BCUT2D eigenvalue weighted by Crippen LogP contribution is -2.35. The number of methoxy groups -OCH3 is 1. The molecule has 3 N–H and O–H groups in total. The van der Waals surface area contributed by atoms with Gasteiger partial charge in [0.2, 0.25) is 0 Å². The lowest BCUT2D eigenvalue weighted by molar-refractivity contribution is 0.162. The monoisotopic (exact) mass is 286 g/mol. The number of carbonyl (C=O) groups is 1. The maximum absolute atomic E-state index is 11.6. The van der Waals surface area contributed by atoms with Crippen molar-refractivity contribution >= 4 is 23.3 Å². The van der Waals surface area contributed by atoms with Crippen LogP contribution in [0.2, 0.25) is 5.02 Å². The molecule has 2 amide bonds. The number of halogens is 1. The zero-order chi connectivity index (χ0) is 14.3. The van der Waals surface area contributed by atoms with E-state index in [0.29, 0.717) is 22.9 Å². The fourth-order valence-electron chi connectivity index (χ4n) is 1.54. The summed E-state index contributed by atoms with van der Waals surface area (Å²) in [6.45, 7) is 2.19. The van der Waals surface area contributed by atoms with Gasteiger partial charge in [0.1, 0.15) is 5.75 Å². The Kier molecular flexibility index (Phi) is 6.45. The van der Waals surface area contributed by atoms with E-state index in [9.17, 15) is 9.90 Å². The molecule has 0 aliphatic heterocycles. The van der Waals surface area contributed by atoms with Crippen molar-refractivity contribution in [3.8, 4) is 5.75 Å². The van der Waals surface area contributed by atoms with Crippen molar-refractivity contribution in [1.82, 2.24) is 5.32 Å². The fourth-order valence-corrected chi connectivity index (χ4v) is 1.75. The first-order chi connectivity index (χ1) is 9.06. The molecule has 1 aromatic carbocycles. The van der Waals surface area contributed by atoms with Crippen LogP contribution in [0.4, 0.5) is 10.5 Å². The van der Waals surface area contributed by atoms with Crippen LogP contribution < -0.4 is 15.4 Å². The third kappa shape index (κ3) is 5.36. The summed E-state index contributed by atoms with van der Waals surface area (Å²) in [5.74, 6) is 0.620. The number of amides is 2. The van der Waals surface area contributed by atoms with Gasteiger partial charge in [-0.3, -0.25) is 0 Å². The Morgan fingerprint density at radius 3 is 2.84 bits per heavy atom. The van der Waals surface area contributed by atoms with Crippen LogP contribution in [-0.4, -0.2) is 30.9 Å². The Morgan fingerprint density at radius 1 is 1.53 bits per heavy atom. The van der Waals surface area contributed by atoms with E-state index in [4.69, 9.17) is 16.3 Å². The van der Waals surface area contributed by atoms with Gasteiger partial charge in [0, 0.05) is 12.6 Å². The van der Waals surface area contributed by atoms with Crippen LogP contribution >= 0.6 is 11.6 Å². The molecule has 0 aromatic heterocycles. The maximum atomic E-state index is 11.6. The van der Waals surface area contributed by atoms with Gasteiger partial charge in [-0.05, 0) is 18.6 Å². The Hall–Kier alpha value is -1.46. The summed E-state index contributed by atoms with van der Waals surface area (Å²) in [5.41, 5.74) is 0.491. The highest BCUT2D eigenvalue weighted by atomic mass is 35.5. The van der Waals surface area contributed by atoms with Gasteiger partial charge in [0.15, 0.2) is 0 Å². The zero-order valence-electron chi connectivity index (χ0n) is 11.1. The SMILES string of the molecule is CCCC(O)CNC(=O)Nc1ccc(OC)cc1Cl. The molecule has 0 bridgehead atoms. The molecule has 0 saturated carbocycles. The molecule has 1 unspecified atom stereocenters. The fraction of sp³-hybridized carbons (Fsp3) is 0.462. The number of ether oxygens (including phenoxy) is 1. The van der Waals surface area contributed by atoms with Crippen LogP contribution in [0.5, 0.6) is 5.75 Å². The average molecular weight is 287 g/mol. The number of rotatable bonds is 6. The first-order valence-electron chi connectivity index (χ1n) is 6.13. The molecule has 0 fully saturated rings. The van der Waals surface area contributed by atoms with Gasteiger partial charge in [-0.25, -0.2) is 4.79 Å². The molecule has 0 heterocycles. The molecule has 0 spiro atoms. The minimum Gasteiger partial charge on any atom is -0.497 e. The summed E-state index contributed by atoms with van der Waals surface area (Å²) in [5, 5.41) is 15.1. The van der Waals surface area contributed by atoms with Gasteiger partial charge in [0.05, 0.1) is 23.9 Å². The van der Waals surface area contributed by atoms with Crippen LogP contribution in [0.3, 0.4) is 0 Å². The largest absolute Gasteiger partial charge is 0.497 e. The van der Waals surface area contributed by atoms with E-state index < -0.39 is 12.1 Å². The molecule has 0 aliphatic carbocycles. The number of anilines is 1. The maximum Gasteiger partial charge on any atom is 0.319 e. The second-order valence-electron chi connectivity index (χ2n) is 4.12. The van der Waals surface area contributed by atoms with E-state index in [2.05, 4.69) is 10.6 Å². The number of aliphatic hydroxyl groups is 1. The Balaban J connectivity index is 2.48. The van der Waals surface area contributed by atoms with Crippen molar-refractivity contribution < 1.29 is 14.6 Å². The highest BCUT2D eigenvalue weighted by Crippen LogP contribution is 2.26. The van der Waals surface area contributed by atoms with E-state index in [-0.39, 0.29) is 6.54 Å². The molecule has 1 atom stereocenters. The van der Waals surface area contributed by atoms with Crippen molar-refractivity contribution in [2.24, 2.45) is 0 Å². The molecule has 0 radical (unpaired) electrons. The Bertz CT molecular complexity index is 426. The quantitative estimate of drug-likeness (QED) is 0.753. The molecule has 1 rings (SSSR count). The van der Waals surface area contributed by atoms with E-state index >= 15 is 0 Å². The Morgan fingerprint density at radius 2 is 2.26 bits per heavy atom. The van der Waals surface area contributed by atoms with Crippen LogP contribution in [-0.2, 0) is 0 Å². The summed E-state index contributed by atoms with van der Waals surface area (Å²) < 4.78 is 5.02. The number of aliphatic hydroxyl groups excluding tert-OH is 1. The number of carbonyl (C=O) groups excluding carboxylic acids is 1. The van der Waals surface area contributed by atoms with Crippen LogP contribution in [0.15, 0.2) is 18.2 Å². The van der Waals surface area contributed by atoms with Crippen molar-refractivity contribution in [2.45, 2.75) is 25.9 Å². The molecular weight excluding hydrogens is 268 g/mol. The molecule has 19 heavy (non-hydrogen) atoms. The molecule has 106 valence electrons. The minimum atomic E-state index is -0.526. The molecule has 6 heteroatoms. The third-order valence-corrected chi connectivity index (χ3v) is 2.86. The second kappa shape index (κ2) is 7.86. The van der Waals surface area contributed by atoms with Gasteiger partial charge < -0.3 is 20.5 Å². The predicted molar refractivity (Wildman–Crippen MR) is 75.9 cm³/mol. The number of hydrogen-bond acceptors (Lipinski definition) is 3. The zero-order valence-corrected chi connectivity index (χ0v) is 11.8. The Labute approximate surface area is 117 Å². The normalized spacial score (nSPS) is 11.8. The minimum absolute atomic E-state index is 0.216. The molecule has 0 aliphatic rings. The summed E-state index contributed by atoms with van der Waals surface area (Å²) in [6.07, 6.45) is 1.00. The lowest BCUT2D eigenvalue weighted by atomic mass is 10.2. The molecule has 0 saturated heterocycles. The van der Waals surface area contributed by atoms with Gasteiger partial charge in [0.25, 0.3) is 0 Å². The summed E-state index contributed by atoms with van der Waals surface area (Å²) >= 11 is 5.99. The van der Waals surface area contributed by atoms with Gasteiger partial charge in [-0.2, -0.15) is 0 Å². The van der Waals surface area contributed by atoms with E-state index in [1.807, 2.05) is 6.92 Å². The number of urea groups is 1. The van der Waals surface area contributed by atoms with Crippen LogP contribution in [0, 0.1) is 0 Å². The lowest BCUT2D eigenvalue weighted by Gasteiger charge is -2.12. The number of nitrogens with one attached hydrogen (secondary N) is 2. The molecule has 1 aromatic rings. The highest BCUT2D eigenvalue weighted by Gasteiger charge is 2.08. The van der Waals surface area contributed by atoms with E-state index in [1.54, 1.807) is 25.3 Å². The highest BCUT2D eigenvalue weighted by molar-refractivity contribution is 6.33. The van der Waals surface area contributed by atoms with Gasteiger partial charge >= 0.3 is 6.03 Å². The molecule has 5 nitrogen and oxygen atoms in total. The summed E-state index contributed by atoms with van der Waals surface area (Å²) in [7, 11) is 1.54. The smallest absolute Gasteiger partial charge is 0.319 e. The average Bonchev–Trinajstić information content (AvgIpc) is 2.39.